The Morgan fingerprint density at radius 1 is 1.03 bits per heavy atom. The number of hydrogen-bond acceptors (Lipinski definition) is 7. The van der Waals surface area contributed by atoms with E-state index in [9.17, 15) is 14.4 Å². The molecule has 8 heteroatoms. The average molecular weight is 524 g/mol. The molecule has 0 aromatic heterocycles. The number of carbonyl (C=O) groups excluding carboxylic acids is 3. The van der Waals surface area contributed by atoms with E-state index >= 15 is 0 Å². The number of carbonyl (C=O) groups is 3. The van der Waals surface area contributed by atoms with Gasteiger partial charge in [-0.2, -0.15) is 0 Å². The van der Waals surface area contributed by atoms with Gasteiger partial charge in [0.1, 0.15) is 11.7 Å². The first-order valence-electron chi connectivity index (χ1n) is 12.3. The van der Waals surface area contributed by atoms with Crippen molar-refractivity contribution in [1.29, 1.82) is 0 Å². The minimum Gasteiger partial charge on any atom is -0.497 e. The van der Waals surface area contributed by atoms with E-state index < -0.39 is 29.7 Å². The Balaban J connectivity index is 1.90. The van der Waals surface area contributed by atoms with Crippen LogP contribution in [0.1, 0.15) is 50.2 Å². The van der Waals surface area contributed by atoms with Crippen LogP contribution in [0.15, 0.2) is 71.1 Å². The number of rotatable bonds is 7. The van der Waals surface area contributed by atoms with Crippen molar-refractivity contribution >= 4 is 29.3 Å². The zero-order chi connectivity index (χ0) is 26.7. The smallest absolute Gasteiger partial charge is 0.336 e. The van der Waals surface area contributed by atoms with Crippen LogP contribution < -0.4 is 10.1 Å². The van der Waals surface area contributed by atoms with Gasteiger partial charge in [-0.25, -0.2) is 4.79 Å². The zero-order valence-electron chi connectivity index (χ0n) is 21.3. The van der Waals surface area contributed by atoms with E-state index in [1.54, 1.807) is 46.1 Å². The van der Waals surface area contributed by atoms with E-state index in [1.165, 1.54) is 0 Å². The van der Waals surface area contributed by atoms with Gasteiger partial charge in [-0.15, -0.1) is 0 Å². The highest BCUT2D eigenvalue weighted by Crippen LogP contribution is 2.48. The van der Waals surface area contributed by atoms with Gasteiger partial charge in [-0.05, 0) is 62.6 Å². The van der Waals surface area contributed by atoms with Crippen LogP contribution in [0.3, 0.4) is 0 Å². The summed E-state index contributed by atoms with van der Waals surface area (Å²) in [6.45, 7) is 5.54. The Bertz CT molecular complexity index is 1300. The molecule has 0 saturated carbocycles. The Morgan fingerprint density at radius 2 is 1.73 bits per heavy atom. The zero-order valence-corrected chi connectivity index (χ0v) is 22.1. The van der Waals surface area contributed by atoms with Gasteiger partial charge in [0, 0.05) is 33.8 Å². The number of ketones is 1. The third-order valence-electron chi connectivity index (χ3n) is 6.76. The maximum atomic E-state index is 14.3. The lowest BCUT2D eigenvalue weighted by Gasteiger charge is -2.39. The molecule has 4 rings (SSSR count). The largest absolute Gasteiger partial charge is 0.497 e. The molecule has 0 saturated heterocycles. The molecule has 3 atom stereocenters. The molecule has 3 unspecified atom stereocenters. The minimum absolute atomic E-state index is 0.141. The van der Waals surface area contributed by atoms with Crippen LogP contribution in [-0.4, -0.2) is 38.0 Å². The highest BCUT2D eigenvalue weighted by Gasteiger charge is 2.49. The third kappa shape index (κ3) is 5.14. The minimum atomic E-state index is -1.09. The lowest BCUT2D eigenvalue weighted by molar-refractivity contribution is -0.152. The lowest BCUT2D eigenvalue weighted by atomic mass is 9.67. The first kappa shape index (κ1) is 26.5. The van der Waals surface area contributed by atoms with Crippen LogP contribution in [0, 0.1) is 5.92 Å². The normalized spacial score (nSPS) is 21.2. The molecule has 0 amide bonds. The SMILES string of the molecule is CCOC(=O)C1=C(C)NC2=C(C(=O)C(C(=O)OCC)C(c3cccc(OC)c3)C2)C1c1cccc(Cl)c1. The molecular weight excluding hydrogens is 494 g/mol. The van der Waals surface area contributed by atoms with E-state index in [0.717, 1.165) is 5.56 Å². The van der Waals surface area contributed by atoms with Crippen molar-refractivity contribution in [1.82, 2.24) is 5.32 Å². The van der Waals surface area contributed by atoms with Crippen molar-refractivity contribution in [3.63, 3.8) is 0 Å². The number of Topliss-reactive ketones (excluding diaryl/α,β-unsaturated/α-hetero) is 1. The molecule has 2 aromatic carbocycles. The standard InChI is InChI=1S/C29H30ClNO6/c1-5-36-28(33)23-16(3)31-22-15-21(17-9-8-12-20(14-17)35-4)25(29(34)37-6-2)27(32)26(22)24(23)18-10-7-11-19(30)13-18/h7-14,21,24-25,31H,5-6,15H2,1-4H3. The number of benzene rings is 2. The van der Waals surface area contributed by atoms with E-state index in [4.69, 9.17) is 25.8 Å². The number of allylic oxidation sites excluding steroid dienone is 3. The van der Waals surface area contributed by atoms with Crippen molar-refractivity contribution in [3.05, 3.63) is 87.2 Å². The van der Waals surface area contributed by atoms with E-state index in [0.29, 0.717) is 45.3 Å². The van der Waals surface area contributed by atoms with Crippen molar-refractivity contribution in [2.75, 3.05) is 20.3 Å². The average Bonchev–Trinajstić information content (AvgIpc) is 2.88. The summed E-state index contributed by atoms with van der Waals surface area (Å²) in [6.07, 6.45) is 0.363. The van der Waals surface area contributed by atoms with Gasteiger partial charge in [-0.1, -0.05) is 35.9 Å². The number of halogens is 1. The maximum absolute atomic E-state index is 14.3. The third-order valence-corrected chi connectivity index (χ3v) is 6.99. The predicted molar refractivity (Wildman–Crippen MR) is 139 cm³/mol. The van der Waals surface area contributed by atoms with Gasteiger partial charge in [0.25, 0.3) is 0 Å². The number of dihydropyridines is 1. The Hall–Kier alpha value is -3.58. The predicted octanol–water partition coefficient (Wildman–Crippen LogP) is 5.06. The second-order valence-corrected chi connectivity index (χ2v) is 9.38. The van der Waals surface area contributed by atoms with Crippen LogP contribution in [0.2, 0.25) is 5.02 Å². The molecule has 0 spiro atoms. The van der Waals surface area contributed by atoms with Crippen molar-refractivity contribution in [2.45, 2.75) is 39.0 Å². The van der Waals surface area contributed by atoms with Crippen LogP contribution in [0.4, 0.5) is 0 Å². The number of esters is 2. The van der Waals surface area contributed by atoms with Gasteiger partial charge in [0.05, 0.1) is 25.9 Å². The summed E-state index contributed by atoms with van der Waals surface area (Å²) in [4.78, 5) is 40.7. The topological polar surface area (TPSA) is 90.9 Å². The number of ether oxygens (including phenoxy) is 3. The van der Waals surface area contributed by atoms with Crippen molar-refractivity contribution in [3.8, 4) is 5.75 Å². The first-order chi connectivity index (χ1) is 17.8. The highest BCUT2D eigenvalue weighted by atomic mass is 35.5. The molecule has 0 fully saturated rings. The van der Waals surface area contributed by atoms with E-state index in [2.05, 4.69) is 5.32 Å². The van der Waals surface area contributed by atoms with Crippen LogP contribution in [0.5, 0.6) is 5.75 Å². The second kappa shape index (κ2) is 11.2. The summed E-state index contributed by atoms with van der Waals surface area (Å²) >= 11 is 6.32. The molecule has 0 bridgehead atoms. The molecule has 0 radical (unpaired) electrons. The molecule has 2 aliphatic rings. The quantitative estimate of drug-likeness (QED) is 0.400. The van der Waals surface area contributed by atoms with Crippen LogP contribution in [0.25, 0.3) is 0 Å². The molecule has 1 aliphatic carbocycles. The van der Waals surface area contributed by atoms with Gasteiger partial charge in [0.15, 0.2) is 5.78 Å². The lowest BCUT2D eigenvalue weighted by Crippen LogP contribution is -2.43. The van der Waals surface area contributed by atoms with Gasteiger partial charge < -0.3 is 19.5 Å². The van der Waals surface area contributed by atoms with Gasteiger partial charge in [0.2, 0.25) is 0 Å². The molecule has 2 aromatic rings. The Kier molecular flexibility index (Phi) is 8.03. The van der Waals surface area contributed by atoms with Crippen molar-refractivity contribution in [2.24, 2.45) is 5.92 Å². The first-order valence-corrected chi connectivity index (χ1v) is 12.7. The summed E-state index contributed by atoms with van der Waals surface area (Å²) in [5.41, 5.74) is 3.38. The Morgan fingerprint density at radius 3 is 2.41 bits per heavy atom. The summed E-state index contributed by atoms with van der Waals surface area (Å²) in [7, 11) is 1.57. The highest BCUT2D eigenvalue weighted by molar-refractivity contribution is 6.30. The summed E-state index contributed by atoms with van der Waals surface area (Å²) in [5, 5.41) is 3.76. The summed E-state index contributed by atoms with van der Waals surface area (Å²) in [6, 6.07) is 14.4. The molecule has 1 heterocycles. The van der Waals surface area contributed by atoms with E-state index in [1.807, 2.05) is 30.3 Å². The molecule has 1 N–H and O–H groups in total. The fourth-order valence-electron chi connectivity index (χ4n) is 5.22. The molecule has 194 valence electrons. The molecular formula is C29H30ClNO6. The molecule has 37 heavy (non-hydrogen) atoms. The Labute approximate surface area is 221 Å². The molecule has 7 nitrogen and oxygen atoms in total. The number of nitrogens with one attached hydrogen (secondary N) is 1. The number of methoxy groups -OCH3 is 1. The van der Waals surface area contributed by atoms with Crippen LogP contribution in [-0.2, 0) is 23.9 Å². The van der Waals surface area contributed by atoms with Gasteiger partial charge >= 0.3 is 11.9 Å². The summed E-state index contributed by atoms with van der Waals surface area (Å²) < 4.78 is 16.1. The summed E-state index contributed by atoms with van der Waals surface area (Å²) in [5.74, 6) is -3.20. The number of hydrogen-bond donors (Lipinski definition) is 1. The van der Waals surface area contributed by atoms with Gasteiger partial charge in [-0.3, -0.25) is 9.59 Å². The second-order valence-electron chi connectivity index (χ2n) is 8.95. The fourth-order valence-corrected chi connectivity index (χ4v) is 5.42. The monoisotopic (exact) mass is 523 g/mol. The fraction of sp³-hybridized carbons (Fsp3) is 0.345. The van der Waals surface area contributed by atoms with Crippen LogP contribution >= 0.6 is 11.6 Å². The molecule has 1 aliphatic heterocycles. The van der Waals surface area contributed by atoms with E-state index in [-0.39, 0.29) is 19.0 Å². The maximum Gasteiger partial charge on any atom is 0.336 e. The van der Waals surface area contributed by atoms with Crippen molar-refractivity contribution < 1.29 is 28.6 Å².